The third-order valence-electron chi connectivity index (χ3n) is 8.67. The van der Waals surface area contributed by atoms with Gasteiger partial charge < -0.3 is 10.2 Å². The maximum absolute atomic E-state index is 11.9. The number of phenolic OH excluding ortho intramolecular Hbond substituents is 2. The Balaban J connectivity index is 2.05. The van der Waals surface area contributed by atoms with Gasteiger partial charge in [-0.1, -0.05) is 93.5 Å². The zero-order valence-electron chi connectivity index (χ0n) is 31.6. The van der Waals surface area contributed by atoms with Gasteiger partial charge >= 0.3 is 0 Å². The molecule has 0 radical (unpaired) electrons. The highest BCUT2D eigenvalue weighted by atomic mass is 16.6. The molecule has 4 aromatic carbocycles. The normalized spacial score (nSPS) is 12.9. The van der Waals surface area contributed by atoms with E-state index in [-0.39, 0.29) is 67.6 Å². The third-order valence-corrected chi connectivity index (χ3v) is 8.67. The minimum Gasteiger partial charge on any atom is -0.505 e. The molecule has 0 aliphatic rings. The molecule has 0 fully saturated rings. The van der Waals surface area contributed by atoms with Crippen molar-refractivity contribution < 1.29 is 20.1 Å². The summed E-state index contributed by atoms with van der Waals surface area (Å²) in [7, 11) is 0. The Labute approximate surface area is 304 Å². The Morgan fingerprint density at radius 1 is 0.519 bits per heavy atom. The smallest absolute Gasteiger partial charge is 0.296 e. The lowest BCUT2D eigenvalue weighted by atomic mass is 9.71. The van der Waals surface area contributed by atoms with E-state index in [1.165, 1.54) is 36.4 Å². The second-order valence-electron chi connectivity index (χ2n) is 16.9. The van der Waals surface area contributed by atoms with Gasteiger partial charge in [-0.15, -0.1) is 20.5 Å². The first-order chi connectivity index (χ1) is 24.0. The van der Waals surface area contributed by atoms with Crippen molar-refractivity contribution in [3.8, 4) is 22.6 Å². The number of para-hydroxylation sites is 2. The highest BCUT2D eigenvalue weighted by molar-refractivity contribution is 5.85. The molecule has 4 rings (SSSR count). The van der Waals surface area contributed by atoms with Gasteiger partial charge in [0.25, 0.3) is 11.4 Å². The van der Waals surface area contributed by atoms with E-state index in [0.717, 1.165) is 24.0 Å². The summed E-state index contributed by atoms with van der Waals surface area (Å²) < 4.78 is 0. The molecule has 4 aromatic rings. The average Bonchev–Trinajstić information content (AvgIpc) is 3.01. The molecule has 0 bridgehead atoms. The number of benzene rings is 4. The number of rotatable bonds is 11. The lowest BCUT2D eigenvalue weighted by Gasteiger charge is -2.34. The Hall–Kier alpha value is -5.52. The molecular formula is C40H48N6O6. The van der Waals surface area contributed by atoms with Crippen LogP contribution in [-0.2, 0) is 10.8 Å². The van der Waals surface area contributed by atoms with Gasteiger partial charge in [-0.2, -0.15) is 0 Å². The maximum atomic E-state index is 11.9. The van der Waals surface area contributed by atoms with E-state index in [1.807, 2.05) is 12.1 Å². The van der Waals surface area contributed by atoms with Gasteiger partial charge in [0.2, 0.25) is 0 Å². The maximum Gasteiger partial charge on any atom is 0.296 e. The Bertz CT molecular complexity index is 1910. The van der Waals surface area contributed by atoms with Crippen molar-refractivity contribution in [2.24, 2.45) is 31.3 Å². The van der Waals surface area contributed by atoms with Gasteiger partial charge in [-0.25, -0.2) is 0 Å². The zero-order chi connectivity index (χ0) is 38.8. The van der Waals surface area contributed by atoms with E-state index < -0.39 is 20.7 Å². The lowest BCUT2D eigenvalue weighted by Crippen LogP contribution is -2.25. The van der Waals surface area contributed by atoms with Crippen molar-refractivity contribution in [2.45, 2.75) is 92.9 Å². The third kappa shape index (κ3) is 9.42. The lowest BCUT2D eigenvalue weighted by molar-refractivity contribution is -0.384. The van der Waals surface area contributed by atoms with E-state index in [9.17, 15) is 30.4 Å². The van der Waals surface area contributed by atoms with Crippen molar-refractivity contribution in [2.75, 3.05) is 0 Å². The molecule has 0 unspecified atom stereocenters. The van der Waals surface area contributed by atoms with E-state index in [2.05, 4.69) is 89.7 Å². The Morgan fingerprint density at radius 2 is 0.827 bits per heavy atom. The molecule has 0 aliphatic carbocycles. The van der Waals surface area contributed by atoms with Crippen LogP contribution < -0.4 is 0 Å². The van der Waals surface area contributed by atoms with E-state index in [0.29, 0.717) is 0 Å². The largest absolute Gasteiger partial charge is 0.505 e. The van der Waals surface area contributed by atoms with E-state index >= 15 is 0 Å². The second-order valence-corrected chi connectivity index (χ2v) is 16.9. The molecule has 12 heteroatoms. The first-order valence-electron chi connectivity index (χ1n) is 17.0. The quantitative estimate of drug-likeness (QED) is 0.0889. The standard InChI is InChI=1S/C40H48N6O6/c1-37(2,3)23-39(7,8)25-19-27(35(47)31(21-25)43-41-29-15-11-13-17-33(29)45(49)50)28-20-26(40(9,10)24-38(4,5)6)22-32(36(28)48)44-42-30-16-12-14-18-34(30)46(51)52/h11-22,47-48H,23-24H2,1-10H3/b43-41+,44-42+. The van der Waals surface area contributed by atoms with E-state index in [4.69, 9.17) is 0 Å². The predicted octanol–water partition coefficient (Wildman–Crippen LogP) is 12.8. The van der Waals surface area contributed by atoms with Gasteiger partial charge in [-0.3, -0.25) is 20.2 Å². The van der Waals surface area contributed by atoms with Crippen LogP contribution in [0.15, 0.2) is 93.3 Å². The van der Waals surface area contributed by atoms with Crippen LogP contribution in [0.4, 0.5) is 34.1 Å². The minimum absolute atomic E-state index is 0.0132. The number of nitro benzene ring substituents is 2. The number of nitro groups is 2. The molecule has 0 heterocycles. The van der Waals surface area contributed by atoms with Gasteiger partial charge in [0.1, 0.15) is 11.4 Å². The average molecular weight is 709 g/mol. The highest BCUT2D eigenvalue weighted by Gasteiger charge is 2.32. The molecule has 0 saturated carbocycles. The zero-order valence-corrected chi connectivity index (χ0v) is 31.6. The summed E-state index contributed by atoms with van der Waals surface area (Å²) in [6.07, 6.45) is 1.48. The minimum atomic E-state index is -0.550. The Kier molecular flexibility index (Phi) is 11.0. The van der Waals surface area contributed by atoms with Gasteiger partial charge in [0.15, 0.2) is 22.9 Å². The molecule has 0 amide bonds. The number of hydrogen-bond acceptors (Lipinski definition) is 10. The van der Waals surface area contributed by atoms with Crippen molar-refractivity contribution in [3.05, 3.63) is 104 Å². The SMILES string of the molecule is CC(C)(C)CC(C)(C)c1cc(/N=N/c2ccccc2[N+](=O)[O-])c(O)c(-c2cc(C(C)(C)CC(C)(C)C)cc(/N=N/c3ccccc3[N+](=O)[O-])c2O)c1. The number of nitrogens with zero attached hydrogens (tertiary/aromatic N) is 6. The summed E-state index contributed by atoms with van der Waals surface area (Å²) in [5, 5.41) is 64.2. The second kappa shape index (κ2) is 14.6. The molecule has 274 valence electrons. The molecule has 0 spiro atoms. The molecule has 2 N–H and O–H groups in total. The number of phenols is 2. The molecule has 0 aromatic heterocycles. The molecular weight excluding hydrogens is 660 g/mol. The van der Waals surface area contributed by atoms with Gasteiger partial charge in [-0.05, 0) is 82.0 Å². The molecule has 0 saturated heterocycles. The monoisotopic (exact) mass is 708 g/mol. The summed E-state index contributed by atoms with van der Waals surface area (Å²) in [5.41, 5.74) is 0.610. The summed E-state index contributed by atoms with van der Waals surface area (Å²) in [6.45, 7) is 21.1. The van der Waals surface area contributed by atoms with Crippen LogP contribution in [0.2, 0.25) is 0 Å². The van der Waals surface area contributed by atoms with Crippen molar-refractivity contribution in [1.29, 1.82) is 0 Å². The number of aromatic hydroxyl groups is 2. The first-order valence-corrected chi connectivity index (χ1v) is 17.0. The predicted molar refractivity (Wildman–Crippen MR) is 204 cm³/mol. The summed E-state index contributed by atoms with van der Waals surface area (Å²) in [4.78, 5) is 22.3. The fraction of sp³-hybridized carbons (Fsp3) is 0.400. The fourth-order valence-electron chi connectivity index (χ4n) is 7.06. The fourth-order valence-corrected chi connectivity index (χ4v) is 7.06. The Morgan fingerprint density at radius 3 is 1.13 bits per heavy atom. The van der Waals surface area contributed by atoms with Crippen LogP contribution in [-0.4, -0.2) is 20.1 Å². The van der Waals surface area contributed by atoms with Crippen LogP contribution in [0.1, 0.15) is 93.2 Å². The van der Waals surface area contributed by atoms with Crippen LogP contribution in [0.3, 0.4) is 0 Å². The first kappa shape index (κ1) is 39.3. The summed E-state index contributed by atoms with van der Waals surface area (Å²) >= 11 is 0. The molecule has 0 aliphatic heterocycles. The molecule has 0 atom stereocenters. The summed E-state index contributed by atoms with van der Waals surface area (Å²) in [6, 6.07) is 18.9. The number of hydrogen-bond donors (Lipinski definition) is 2. The van der Waals surface area contributed by atoms with Gasteiger partial charge in [0.05, 0.1) is 9.85 Å². The van der Waals surface area contributed by atoms with Gasteiger partial charge in [0, 0.05) is 23.3 Å². The number of azo groups is 2. The topological polar surface area (TPSA) is 176 Å². The van der Waals surface area contributed by atoms with Crippen LogP contribution >= 0.6 is 0 Å². The molecule has 52 heavy (non-hydrogen) atoms. The van der Waals surface area contributed by atoms with Crippen molar-refractivity contribution in [1.82, 2.24) is 0 Å². The van der Waals surface area contributed by atoms with Crippen LogP contribution in [0, 0.1) is 31.1 Å². The van der Waals surface area contributed by atoms with E-state index in [1.54, 1.807) is 24.3 Å². The highest BCUT2D eigenvalue weighted by Crippen LogP contribution is 2.51. The molecule has 12 nitrogen and oxygen atoms in total. The van der Waals surface area contributed by atoms with Crippen LogP contribution in [0.25, 0.3) is 11.1 Å². The summed E-state index contributed by atoms with van der Waals surface area (Å²) in [5.74, 6) is -0.611. The van der Waals surface area contributed by atoms with Crippen molar-refractivity contribution >= 4 is 34.1 Å². The van der Waals surface area contributed by atoms with Crippen molar-refractivity contribution in [3.63, 3.8) is 0 Å². The van der Waals surface area contributed by atoms with Crippen LogP contribution in [0.5, 0.6) is 11.5 Å².